The Hall–Kier alpha value is -1.95. The van der Waals surface area contributed by atoms with Gasteiger partial charge in [0.1, 0.15) is 16.7 Å². The lowest BCUT2D eigenvalue weighted by atomic mass is 10.3. The number of aromatic nitrogens is 2. The fraction of sp³-hybridized carbons (Fsp3) is 0. The summed E-state index contributed by atoms with van der Waals surface area (Å²) >= 11 is 5.67. The van der Waals surface area contributed by atoms with Crippen LogP contribution in [0.5, 0.6) is 0 Å². The Labute approximate surface area is 99.3 Å². The normalized spacial score (nSPS) is 10.3. The van der Waals surface area contributed by atoms with Gasteiger partial charge in [-0.3, -0.25) is 4.79 Å². The number of nitrogens with zero attached hydrogens (tertiary/aromatic N) is 1. The third-order valence-corrected chi connectivity index (χ3v) is 2.27. The van der Waals surface area contributed by atoms with Gasteiger partial charge in [-0.05, 0) is 12.1 Å². The van der Waals surface area contributed by atoms with E-state index in [1.807, 2.05) is 0 Å². The van der Waals surface area contributed by atoms with E-state index in [1.165, 1.54) is 0 Å². The quantitative estimate of drug-likeness (QED) is 0.869. The van der Waals surface area contributed by atoms with Gasteiger partial charge >= 0.3 is 0 Å². The number of anilines is 2. The van der Waals surface area contributed by atoms with Crippen molar-refractivity contribution >= 4 is 23.1 Å². The molecule has 2 aromatic rings. The molecule has 0 amide bonds. The van der Waals surface area contributed by atoms with Crippen LogP contribution in [0.25, 0.3) is 0 Å². The molecule has 0 aliphatic carbocycles. The number of rotatable bonds is 2. The Morgan fingerprint density at radius 2 is 1.88 bits per heavy atom. The minimum Gasteiger partial charge on any atom is -0.339 e. The van der Waals surface area contributed by atoms with Crippen molar-refractivity contribution in [3.8, 4) is 0 Å². The lowest BCUT2D eigenvalue weighted by Gasteiger charge is -2.06. The molecule has 0 spiro atoms. The van der Waals surface area contributed by atoms with Gasteiger partial charge in [0.15, 0.2) is 5.82 Å². The molecule has 0 unspecified atom stereocenters. The summed E-state index contributed by atoms with van der Waals surface area (Å²) < 4.78 is 25.8. The van der Waals surface area contributed by atoms with E-state index in [9.17, 15) is 13.6 Å². The molecule has 0 aliphatic heterocycles. The first-order valence-corrected chi connectivity index (χ1v) is 4.90. The summed E-state index contributed by atoms with van der Waals surface area (Å²) in [5, 5.41) is 2.37. The predicted octanol–water partition coefficient (Wildman–Crippen LogP) is 2.45. The van der Waals surface area contributed by atoms with Gasteiger partial charge in [-0.2, -0.15) is 0 Å². The van der Waals surface area contributed by atoms with Crippen molar-refractivity contribution in [1.82, 2.24) is 9.97 Å². The van der Waals surface area contributed by atoms with E-state index in [0.717, 1.165) is 24.5 Å². The molecule has 0 fully saturated rings. The van der Waals surface area contributed by atoms with E-state index in [4.69, 9.17) is 11.6 Å². The molecule has 0 atom stereocenters. The molecule has 1 aromatic carbocycles. The first kappa shape index (κ1) is 11.5. The predicted molar refractivity (Wildman–Crippen MR) is 59.5 cm³/mol. The Kier molecular flexibility index (Phi) is 3.06. The van der Waals surface area contributed by atoms with E-state index in [1.54, 1.807) is 0 Å². The van der Waals surface area contributed by atoms with Crippen LogP contribution in [0.1, 0.15) is 0 Å². The maximum atomic E-state index is 12.9. The van der Waals surface area contributed by atoms with Gasteiger partial charge in [0.05, 0.1) is 6.33 Å². The molecule has 2 N–H and O–H groups in total. The SMILES string of the molecule is O=c1[nH]cnc(Nc2cc(F)cc(F)c2)c1Cl. The molecular weight excluding hydrogens is 252 g/mol. The summed E-state index contributed by atoms with van der Waals surface area (Å²) in [6.45, 7) is 0. The van der Waals surface area contributed by atoms with Crippen LogP contribution in [0.4, 0.5) is 20.3 Å². The van der Waals surface area contributed by atoms with Crippen LogP contribution in [0, 0.1) is 11.6 Å². The molecular formula is C10H6ClF2N3O. The van der Waals surface area contributed by atoms with Gasteiger partial charge in [-0.1, -0.05) is 11.6 Å². The summed E-state index contributed by atoms with van der Waals surface area (Å²) in [5.41, 5.74) is -0.427. The summed E-state index contributed by atoms with van der Waals surface area (Å²) in [4.78, 5) is 17.2. The second-order valence-electron chi connectivity index (χ2n) is 3.18. The van der Waals surface area contributed by atoms with E-state index < -0.39 is 17.2 Å². The van der Waals surface area contributed by atoms with E-state index in [0.29, 0.717) is 0 Å². The minimum absolute atomic E-state index is 0.0282. The molecule has 0 saturated carbocycles. The van der Waals surface area contributed by atoms with Crippen LogP contribution < -0.4 is 10.9 Å². The third kappa shape index (κ3) is 2.59. The van der Waals surface area contributed by atoms with Crippen molar-refractivity contribution in [3.63, 3.8) is 0 Å². The molecule has 7 heteroatoms. The molecule has 0 bridgehead atoms. The van der Waals surface area contributed by atoms with Gasteiger partial charge in [0.2, 0.25) is 0 Å². The molecule has 88 valence electrons. The van der Waals surface area contributed by atoms with Crippen molar-refractivity contribution in [3.05, 3.63) is 51.5 Å². The lowest BCUT2D eigenvalue weighted by Crippen LogP contribution is -2.09. The topological polar surface area (TPSA) is 57.8 Å². The standard InChI is InChI=1S/C10H6ClF2N3O/c11-8-9(14-4-15-10(8)17)16-7-2-5(12)1-6(13)3-7/h1-4H,(H2,14,15,16,17). The first-order valence-electron chi connectivity index (χ1n) is 4.52. The molecule has 1 aromatic heterocycles. The fourth-order valence-corrected chi connectivity index (χ4v) is 1.38. The Morgan fingerprint density at radius 3 is 2.53 bits per heavy atom. The van der Waals surface area contributed by atoms with Gasteiger partial charge in [0, 0.05) is 11.8 Å². The van der Waals surface area contributed by atoms with Crippen LogP contribution in [0.3, 0.4) is 0 Å². The van der Waals surface area contributed by atoms with Crippen LogP contribution in [0.15, 0.2) is 29.3 Å². The highest BCUT2D eigenvalue weighted by atomic mass is 35.5. The summed E-state index contributed by atoms with van der Waals surface area (Å²) in [5.74, 6) is -1.46. The molecule has 4 nitrogen and oxygen atoms in total. The molecule has 2 rings (SSSR count). The van der Waals surface area contributed by atoms with Crippen LogP contribution >= 0.6 is 11.6 Å². The Balaban J connectivity index is 2.38. The number of H-pyrrole nitrogens is 1. The van der Waals surface area contributed by atoms with Crippen molar-refractivity contribution in [1.29, 1.82) is 0 Å². The third-order valence-electron chi connectivity index (χ3n) is 1.92. The summed E-state index contributed by atoms with van der Waals surface area (Å²) in [6, 6.07) is 2.85. The van der Waals surface area contributed by atoms with Crippen molar-refractivity contribution in [2.45, 2.75) is 0 Å². The summed E-state index contributed by atoms with van der Waals surface area (Å²) in [6.07, 6.45) is 1.13. The van der Waals surface area contributed by atoms with Crippen molar-refractivity contribution in [2.24, 2.45) is 0 Å². The van der Waals surface area contributed by atoms with Crippen LogP contribution in [0.2, 0.25) is 5.02 Å². The molecule has 1 heterocycles. The van der Waals surface area contributed by atoms with Gasteiger partial charge < -0.3 is 10.3 Å². The van der Waals surface area contributed by atoms with E-state index in [-0.39, 0.29) is 16.5 Å². The van der Waals surface area contributed by atoms with Crippen LogP contribution in [-0.2, 0) is 0 Å². The molecule has 0 saturated heterocycles. The molecule has 0 aliphatic rings. The number of benzene rings is 1. The zero-order valence-corrected chi connectivity index (χ0v) is 9.05. The highest BCUT2D eigenvalue weighted by molar-refractivity contribution is 6.32. The summed E-state index contributed by atoms with van der Waals surface area (Å²) in [7, 11) is 0. The first-order chi connectivity index (χ1) is 8.06. The minimum atomic E-state index is -0.742. The maximum absolute atomic E-state index is 12.9. The fourth-order valence-electron chi connectivity index (χ4n) is 1.23. The maximum Gasteiger partial charge on any atom is 0.271 e. The number of hydrogen-bond donors (Lipinski definition) is 2. The average Bonchev–Trinajstić information content (AvgIpc) is 2.23. The number of aromatic amines is 1. The molecule has 0 radical (unpaired) electrons. The monoisotopic (exact) mass is 257 g/mol. The van der Waals surface area contributed by atoms with E-state index in [2.05, 4.69) is 15.3 Å². The highest BCUT2D eigenvalue weighted by Crippen LogP contribution is 2.20. The van der Waals surface area contributed by atoms with Crippen molar-refractivity contribution in [2.75, 3.05) is 5.32 Å². The second kappa shape index (κ2) is 4.50. The second-order valence-corrected chi connectivity index (χ2v) is 3.56. The largest absolute Gasteiger partial charge is 0.339 e. The van der Waals surface area contributed by atoms with Crippen LogP contribution in [-0.4, -0.2) is 9.97 Å². The smallest absolute Gasteiger partial charge is 0.271 e. The van der Waals surface area contributed by atoms with Crippen molar-refractivity contribution < 1.29 is 8.78 Å². The Bertz CT molecular complexity index is 594. The Morgan fingerprint density at radius 1 is 1.24 bits per heavy atom. The zero-order valence-electron chi connectivity index (χ0n) is 8.30. The van der Waals surface area contributed by atoms with Gasteiger partial charge in [0.25, 0.3) is 5.56 Å². The van der Waals surface area contributed by atoms with Gasteiger partial charge in [-0.25, -0.2) is 13.8 Å². The average molecular weight is 258 g/mol. The van der Waals surface area contributed by atoms with E-state index >= 15 is 0 Å². The van der Waals surface area contributed by atoms with Gasteiger partial charge in [-0.15, -0.1) is 0 Å². The lowest BCUT2D eigenvalue weighted by molar-refractivity contribution is 0.584. The zero-order chi connectivity index (χ0) is 12.4. The highest BCUT2D eigenvalue weighted by Gasteiger charge is 2.07. The number of nitrogens with one attached hydrogen (secondary N) is 2. The number of halogens is 3. The molecule has 17 heavy (non-hydrogen) atoms. The number of hydrogen-bond acceptors (Lipinski definition) is 3.